The number of carbonyl (C=O) groups is 2. The lowest BCUT2D eigenvalue weighted by molar-refractivity contribution is -0.115. The zero-order valence-corrected chi connectivity index (χ0v) is 19.1. The summed E-state index contributed by atoms with van der Waals surface area (Å²) in [5.41, 5.74) is 1.75. The molecule has 6 nitrogen and oxygen atoms in total. The van der Waals surface area contributed by atoms with Crippen LogP contribution in [0.3, 0.4) is 0 Å². The van der Waals surface area contributed by atoms with Crippen molar-refractivity contribution in [1.29, 1.82) is 0 Å². The lowest BCUT2D eigenvalue weighted by Crippen LogP contribution is -2.49. The molecule has 2 heterocycles. The molecule has 0 saturated carbocycles. The zero-order chi connectivity index (χ0) is 23.4. The first kappa shape index (κ1) is 23.0. The largest absolute Gasteiger partial charge is 0.353 e. The summed E-state index contributed by atoms with van der Waals surface area (Å²) in [5, 5.41) is 3.63. The molecule has 4 rings (SSSR count). The van der Waals surface area contributed by atoms with Crippen LogP contribution in [0.1, 0.15) is 15.9 Å². The molecule has 2 aromatic carbocycles. The summed E-state index contributed by atoms with van der Waals surface area (Å²) >= 11 is 12.1. The van der Waals surface area contributed by atoms with Gasteiger partial charge in [0.15, 0.2) is 0 Å². The summed E-state index contributed by atoms with van der Waals surface area (Å²) in [5.74, 6) is 0.105. The highest BCUT2D eigenvalue weighted by atomic mass is 35.5. The maximum atomic E-state index is 13.0. The molecule has 0 aliphatic carbocycles. The van der Waals surface area contributed by atoms with Crippen LogP contribution in [0.4, 0.5) is 15.9 Å². The van der Waals surface area contributed by atoms with Gasteiger partial charge in [0.2, 0.25) is 5.91 Å². The second-order valence-corrected chi connectivity index (χ2v) is 8.50. The molecular weight excluding hydrogens is 466 g/mol. The molecule has 0 unspecified atom stereocenters. The van der Waals surface area contributed by atoms with E-state index in [0.717, 1.165) is 11.4 Å². The Hall–Kier alpha value is -3.16. The normalized spacial score (nSPS) is 13.7. The maximum absolute atomic E-state index is 13.0. The Morgan fingerprint density at radius 2 is 1.70 bits per heavy atom. The van der Waals surface area contributed by atoms with E-state index in [1.165, 1.54) is 12.1 Å². The molecule has 0 bridgehead atoms. The minimum absolute atomic E-state index is 0.122. The highest BCUT2D eigenvalue weighted by Crippen LogP contribution is 2.23. The third-order valence-electron chi connectivity index (χ3n) is 5.36. The van der Waals surface area contributed by atoms with E-state index in [-0.39, 0.29) is 24.1 Å². The molecule has 1 aliphatic rings. The number of hydrogen-bond donors (Lipinski definition) is 1. The molecule has 1 fully saturated rings. The minimum atomic E-state index is -0.335. The van der Waals surface area contributed by atoms with E-state index in [0.29, 0.717) is 47.5 Å². The van der Waals surface area contributed by atoms with E-state index >= 15 is 0 Å². The van der Waals surface area contributed by atoms with Gasteiger partial charge in [0.25, 0.3) is 5.91 Å². The van der Waals surface area contributed by atoms with E-state index in [1.54, 1.807) is 47.5 Å². The number of pyridine rings is 1. The lowest BCUT2D eigenvalue weighted by atomic mass is 10.1. The van der Waals surface area contributed by atoms with Crippen molar-refractivity contribution in [1.82, 2.24) is 9.88 Å². The number of anilines is 2. The number of benzene rings is 2. The van der Waals surface area contributed by atoms with Crippen LogP contribution in [0.15, 0.2) is 60.8 Å². The predicted molar refractivity (Wildman–Crippen MR) is 128 cm³/mol. The van der Waals surface area contributed by atoms with E-state index in [1.807, 2.05) is 6.07 Å². The van der Waals surface area contributed by atoms with Crippen molar-refractivity contribution in [3.8, 4) is 0 Å². The monoisotopic (exact) mass is 486 g/mol. The maximum Gasteiger partial charge on any atom is 0.255 e. The minimum Gasteiger partial charge on any atom is -0.353 e. The molecule has 1 aromatic heterocycles. The number of halogens is 3. The fourth-order valence-corrected chi connectivity index (χ4v) is 4.10. The van der Waals surface area contributed by atoms with E-state index in [2.05, 4.69) is 15.2 Å². The number of carbonyl (C=O) groups excluding carboxylic acids is 2. The molecule has 0 atom stereocenters. The summed E-state index contributed by atoms with van der Waals surface area (Å²) < 4.78 is 13.0. The van der Waals surface area contributed by atoms with Crippen molar-refractivity contribution >= 4 is 46.5 Å². The van der Waals surface area contributed by atoms with Crippen LogP contribution in [0.25, 0.3) is 0 Å². The van der Waals surface area contributed by atoms with Gasteiger partial charge >= 0.3 is 0 Å². The second-order valence-electron chi connectivity index (χ2n) is 7.66. The molecular formula is C24H21Cl2FN4O2. The Bertz CT molecular complexity index is 1150. The molecule has 33 heavy (non-hydrogen) atoms. The van der Waals surface area contributed by atoms with Gasteiger partial charge in [0.1, 0.15) is 11.6 Å². The first-order chi connectivity index (χ1) is 15.9. The molecule has 2 amide bonds. The van der Waals surface area contributed by atoms with Gasteiger partial charge in [-0.15, -0.1) is 0 Å². The Morgan fingerprint density at radius 3 is 2.33 bits per heavy atom. The summed E-state index contributed by atoms with van der Waals surface area (Å²) in [6.45, 7) is 2.33. The number of amides is 2. The number of nitrogens with zero attached hydrogens (tertiary/aromatic N) is 3. The summed E-state index contributed by atoms with van der Waals surface area (Å²) in [4.78, 5) is 33.3. The summed E-state index contributed by atoms with van der Waals surface area (Å²) in [6.07, 6.45) is 1.75. The quantitative estimate of drug-likeness (QED) is 0.568. The predicted octanol–water partition coefficient (Wildman–Crippen LogP) is 4.67. The topological polar surface area (TPSA) is 65.5 Å². The Morgan fingerprint density at radius 1 is 0.970 bits per heavy atom. The van der Waals surface area contributed by atoms with Crippen molar-refractivity contribution in [2.45, 2.75) is 6.42 Å². The lowest BCUT2D eigenvalue weighted by Gasteiger charge is -2.35. The molecule has 170 valence electrons. The van der Waals surface area contributed by atoms with Crippen LogP contribution < -0.4 is 10.2 Å². The van der Waals surface area contributed by atoms with Crippen LogP contribution in [-0.4, -0.2) is 47.9 Å². The highest BCUT2D eigenvalue weighted by molar-refractivity contribution is 6.36. The van der Waals surface area contributed by atoms with Crippen molar-refractivity contribution in [2.75, 3.05) is 36.4 Å². The first-order valence-corrected chi connectivity index (χ1v) is 11.1. The summed E-state index contributed by atoms with van der Waals surface area (Å²) in [6, 6.07) is 14.3. The SMILES string of the molecule is O=C(Cc1ccc(F)cc1)Nc1ccc(N2CCN(C(=O)c3ccc(Cl)cc3Cl)CC2)nc1. The van der Waals surface area contributed by atoms with Gasteiger partial charge in [-0.2, -0.15) is 0 Å². The van der Waals surface area contributed by atoms with Crippen LogP contribution in [0.2, 0.25) is 10.0 Å². The highest BCUT2D eigenvalue weighted by Gasteiger charge is 2.24. The average molecular weight is 487 g/mol. The third-order valence-corrected chi connectivity index (χ3v) is 5.91. The smallest absolute Gasteiger partial charge is 0.255 e. The van der Waals surface area contributed by atoms with Gasteiger partial charge in [0, 0.05) is 31.2 Å². The van der Waals surface area contributed by atoms with E-state index in [9.17, 15) is 14.0 Å². The van der Waals surface area contributed by atoms with Gasteiger partial charge in [0.05, 0.1) is 28.9 Å². The number of piperazine rings is 1. The summed E-state index contributed by atoms with van der Waals surface area (Å²) in [7, 11) is 0. The van der Waals surface area contributed by atoms with Crippen molar-refractivity contribution in [3.05, 3.63) is 87.8 Å². The van der Waals surface area contributed by atoms with Crippen molar-refractivity contribution < 1.29 is 14.0 Å². The van der Waals surface area contributed by atoms with E-state index in [4.69, 9.17) is 23.2 Å². The number of rotatable bonds is 5. The number of aromatic nitrogens is 1. The van der Waals surface area contributed by atoms with E-state index < -0.39 is 0 Å². The second kappa shape index (κ2) is 10.2. The molecule has 1 aliphatic heterocycles. The molecule has 1 saturated heterocycles. The van der Waals surface area contributed by atoms with Crippen LogP contribution in [-0.2, 0) is 11.2 Å². The van der Waals surface area contributed by atoms with Crippen LogP contribution in [0.5, 0.6) is 0 Å². The van der Waals surface area contributed by atoms with Gasteiger partial charge < -0.3 is 15.1 Å². The molecule has 1 N–H and O–H groups in total. The van der Waals surface area contributed by atoms with Gasteiger partial charge in [-0.1, -0.05) is 35.3 Å². The zero-order valence-electron chi connectivity index (χ0n) is 17.6. The Balaban J connectivity index is 1.30. The van der Waals surface area contributed by atoms with Crippen LogP contribution in [0, 0.1) is 5.82 Å². The van der Waals surface area contributed by atoms with Gasteiger partial charge in [-0.3, -0.25) is 9.59 Å². The van der Waals surface area contributed by atoms with Crippen LogP contribution >= 0.6 is 23.2 Å². The Kier molecular flexibility index (Phi) is 7.11. The molecule has 9 heteroatoms. The first-order valence-electron chi connectivity index (χ1n) is 10.4. The van der Waals surface area contributed by atoms with Gasteiger partial charge in [-0.25, -0.2) is 9.37 Å². The average Bonchev–Trinajstić information content (AvgIpc) is 2.81. The molecule has 0 radical (unpaired) electrons. The Labute approximate surface area is 200 Å². The molecule has 0 spiro atoms. The fourth-order valence-electron chi connectivity index (χ4n) is 3.61. The van der Waals surface area contributed by atoms with Gasteiger partial charge in [-0.05, 0) is 48.0 Å². The van der Waals surface area contributed by atoms with Crippen molar-refractivity contribution in [2.24, 2.45) is 0 Å². The third kappa shape index (κ3) is 5.80. The molecule has 3 aromatic rings. The van der Waals surface area contributed by atoms with Crippen molar-refractivity contribution in [3.63, 3.8) is 0 Å². The number of nitrogens with one attached hydrogen (secondary N) is 1. The number of hydrogen-bond acceptors (Lipinski definition) is 4. The standard InChI is InChI=1S/C24H21Cl2FN4O2/c25-17-3-7-20(21(26)14-17)24(33)31-11-9-30(10-12-31)22-8-6-19(15-28-22)29-23(32)13-16-1-4-18(27)5-2-16/h1-8,14-15H,9-13H2,(H,29,32). The fraction of sp³-hybridized carbons (Fsp3) is 0.208.